The molecule has 23 heavy (non-hydrogen) atoms. The molecule has 1 heterocycles. The fourth-order valence-corrected chi connectivity index (χ4v) is 2.12. The Bertz CT molecular complexity index is 478. The zero-order chi connectivity index (χ0) is 17.5. The summed E-state index contributed by atoms with van der Waals surface area (Å²) in [5.74, 6) is 0.523. The zero-order valence-electron chi connectivity index (χ0n) is 15.3. The molecule has 1 N–H and O–H groups in total. The number of amides is 1. The van der Waals surface area contributed by atoms with Crippen LogP contribution in [-0.4, -0.2) is 34.5 Å². The van der Waals surface area contributed by atoms with Crippen LogP contribution in [0, 0.1) is 5.92 Å². The average Bonchev–Trinajstić information content (AvgIpc) is 2.87. The SMILES string of the molecule is CC[C@@H](NC(=O)OC(C)(C)C)c1cncn1CCOCC(C)C. The number of imidazole rings is 1. The highest BCUT2D eigenvalue weighted by molar-refractivity contribution is 5.68. The second-order valence-corrected chi connectivity index (χ2v) is 7.09. The van der Waals surface area contributed by atoms with Gasteiger partial charge in [-0.1, -0.05) is 20.8 Å². The third-order valence-corrected chi connectivity index (χ3v) is 3.13. The predicted octanol–water partition coefficient (Wildman–Crippen LogP) is 3.53. The molecule has 6 nitrogen and oxygen atoms in total. The lowest BCUT2D eigenvalue weighted by Crippen LogP contribution is -2.35. The van der Waals surface area contributed by atoms with Crippen LogP contribution < -0.4 is 5.32 Å². The summed E-state index contributed by atoms with van der Waals surface area (Å²) in [6.07, 6.45) is 3.91. The van der Waals surface area contributed by atoms with E-state index in [4.69, 9.17) is 9.47 Å². The van der Waals surface area contributed by atoms with Gasteiger partial charge in [0.2, 0.25) is 0 Å². The first kappa shape index (κ1) is 19.5. The van der Waals surface area contributed by atoms with Crippen LogP contribution in [0.15, 0.2) is 12.5 Å². The first-order valence-electron chi connectivity index (χ1n) is 8.30. The summed E-state index contributed by atoms with van der Waals surface area (Å²) in [6.45, 7) is 13.9. The first-order valence-corrected chi connectivity index (χ1v) is 8.30. The van der Waals surface area contributed by atoms with Gasteiger partial charge in [0.25, 0.3) is 0 Å². The highest BCUT2D eigenvalue weighted by Crippen LogP contribution is 2.17. The Hall–Kier alpha value is -1.56. The maximum Gasteiger partial charge on any atom is 0.408 e. The van der Waals surface area contributed by atoms with Crippen molar-refractivity contribution in [3.8, 4) is 0 Å². The Kier molecular flexibility index (Phi) is 7.55. The van der Waals surface area contributed by atoms with Crippen LogP contribution in [0.5, 0.6) is 0 Å². The van der Waals surface area contributed by atoms with Crippen molar-refractivity contribution < 1.29 is 14.3 Å². The second kappa shape index (κ2) is 8.91. The first-order chi connectivity index (χ1) is 10.7. The number of nitrogens with zero attached hydrogens (tertiary/aromatic N) is 2. The number of hydrogen-bond donors (Lipinski definition) is 1. The number of rotatable bonds is 8. The van der Waals surface area contributed by atoms with Crippen LogP contribution in [-0.2, 0) is 16.0 Å². The smallest absolute Gasteiger partial charge is 0.408 e. The van der Waals surface area contributed by atoms with Crippen LogP contribution >= 0.6 is 0 Å². The van der Waals surface area contributed by atoms with E-state index in [1.807, 2.05) is 32.3 Å². The van der Waals surface area contributed by atoms with Crippen molar-refractivity contribution in [3.63, 3.8) is 0 Å². The van der Waals surface area contributed by atoms with E-state index in [0.29, 0.717) is 19.1 Å². The molecule has 132 valence electrons. The molecule has 0 spiro atoms. The van der Waals surface area contributed by atoms with Crippen LogP contribution in [0.3, 0.4) is 0 Å². The molecular formula is C17H31N3O3. The van der Waals surface area contributed by atoms with E-state index in [1.165, 1.54) is 0 Å². The molecule has 0 radical (unpaired) electrons. The van der Waals surface area contributed by atoms with Crippen molar-refractivity contribution in [2.75, 3.05) is 13.2 Å². The summed E-state index contributed by atoms with van der Waals surface area (Å²) >= 11 is 0. The molecule has 1 amide bonds. The summed E-state index contributed by atoms with van der Waals surface area (Å²) in [7, 11) is 0. The number of carbonyl (C=O) groups is 1. The highest BCUT2D eigenvalue weighted by atomic mass is 16.6. The molecule has 0 aliphatic rings. The lowest BCUT2D eigenvalue weighted by atomic mass is 10.1. The van der Waals surface area contributed by atoms with E-state index < -0.39 is 11.7 Å². The Morgan fingerprint density at radius 1 is 1.39 bits per heavy atom. The number of alkyl carbamates (subject to hydrolysis) is 1. The standard InChI is InChI=1S/C17H31N3O3/c1-7-14(19-16(21)23-17(4,5)6)15-10-18-12-20(15)8-9-22-11-13(2)3/h10,12-14H,7-9,11H2,1-6H3,(H,19,21)/t14-/m1/s1. The third kappa shape index (κ3) is 7.50. The van der Waals surface area contributed by atoms with E-state index in [2.05, 4.69) is 24.1 Å². The number of ether oxygens (including phenoxy) is 2. The summed E-state index contributed by atoms with van der Waals surface area (Å²) in [5.41, 5.74) is 0.458. The maximum atomic E-state index is 12.0. The Labute approximate surface area is 139 Å². The molecule has 0 bridgehead atoms. The number of aromatic nitrogens is 2. The normalized spacial score (nSPS) is 13.2. The monoisotopic (exact) mass is 325 g/mol. The van der Waals surface area contributed by atoms with Gasteiger partial charge in [-0.3, -0.25) is 0 Å². The Morgan fingerprint density at radius 3 is 2.65 bits per heavy atom. The van der Waals surface area contributed by atoms with Crippen molar-refractivity contribution in [1.29, 1.82) is 0 Å². The molecule has 0 saturated carbocycles. The topological polar surface area (TPSA) is 65.4 Å². The van der Waals surface area contributed by atoms with Crippen LogP contribution in [0.4, 0.5) is 4.79 Å². The van der Waals surface area contributed by atoms with Gasteiger partial charge in [-0.2, -0.15) is 0 Å². The van der Waals surface area contributed by atoms with Gasteiger partial charge in [0.1, 0.15) is 5.60 Å². The molecule has 1 aromatic rings. The van der Waals surface area contributed by atoms with Gasteiger partial charge in [-0.25, -0.2) is 9.78 Å². The lowest BCUT2D eigenvalue weighted by Gasteiger charge is -2.23. The van der Waals surface area contributed by atoms with Crippen LogP contribution in [0.25, 0.3) is 0 Å². The highest BCUT2D eigenvalue weighted by Gasteiger charge is 2.21. The average molecular weight is 325 g/mol. The van der Waals surface area contributed by atoms with Gasteiger partial charge in [-0.05, 0) is 33.1 Å². The molecule has 0 aliphatic carbocycles. The van der Waals surface area contributed by atoms with E-state index in [1.54, 1.807) is 12.5 Å². The minimum Gasteiger partial charge on any atom is -0.444 e. The fourth-order valence-electron chi connectivity index (χ4n) is 2.12. The predicted molar refractivity (Wildman–Crippen MR) is 90.3 cm³/mol. The van der Waals surface area contributed by atoms with Crippen molar-refractivity contribution in [2.24, 2.45) is 5.92 Å². The summed E-state index contributed by atoms with van der Waals surface area (Å²) in [4.78, 5) is 16.2. The zero-order valence-corrected chi connectivity index (χ0v) is 15.3. The minimum absolute atomic E-state index is 0.127. The molecule has 1 aromatic heterocycles. The van der Waals surface area contributed by atoms with E-state index >= 15 is 0 Å². The van der Waals surface area contributed by atoms with Gasteiger partial charge in [0, 0.05) is 13.2 Å². The molecule has 0 aliphatic heterocycles. The summed E-state index contributed by atoms with van der Waals surface area (Å²) in [6, 6.07) is -0.127. The summed E-state index contributed by atoms with van der Waals surface area (Å²) in [5, 5.41) is 2.91. The number of hydrogen-bond acceptors (Lipinski definition) is 4. The van der Waals surface area contributed by atoms with Crippen LogP contribution in [0.1, 0.15) is 59.7 Å². The van der Waals surface area contributed by atoms with Gasteiger partial charge in [-0.15, -0.1) is 0 Å². The largest absolute Gasteiger partial charge is 0.444 e. The minimum atomic E-state index is -0.507. The lowest BCUT2D eigenvalue weighted by molar-refractivity contribution is 0.0499. The van der Waals surface area contributed by atoms with Gasteiger partial charge >= 0.3 is 6.09 Å². The maximum absolute atomic E-state index is 12.0. The van der Waals surface area contributed by atoms with Crippen molar-refractivity contribution in [2.45, 2.75) is 66.2 Å². The van der Waals surface area contributed by atoms with Gasteiger partial charge < -0.3 is 19.4 Å². The number of nitrogens with one attached hydrogen (secondary N) is 1. The van der Waals surface area contributed by atoms with Gasteiger partial charge in [0.15, 0.2) is 0 Å². The molecule has 6 heteroatoms. The van der Waals surface area contributed by atoms with E-state index in [-0.39, 0.29) is 6.04 Å². The molecule has 1 atom stereocenters. The Morgan fingerprint density at radius 2 is 2.09 bits per heavy atom. The molecular weight excluding hydrogens is 294 g/mol. The quantitative estimate of drug-likeness (QED) is 0.743. The molecule has 1 rings (SSSR count). The van der Waals surface area contributed by atoms with E-state index in [9.17, 15) is 4.79 Å². The van der Waals surface area contributed by atoms with Gasteiger partial charge in [0.05, 0.1) is 30.9 Å². The molecule has 0 unspecified atom stereocenters. The molecule has 0 fully saturated rings. The van der Waals surface area contributed by atoms with Crippen molar-refractivity contribution >= 4 is 6.09 Å². The summed E-state index contributed by atoms with van der Waals surface area (Å²) < 4.78 is 13.0. The molecule has 0 aromatic carbocycles. The van der Waals surface area contributed by atoms with Crippen molar-refractivity contribution in [3.05, 3.63) is 18.2 Å². The Balaban J connectivity index is 2.61. The second-order valence-electron chi connectivity index (χ2n) is 7.09. The van der Waals surface area contributed by atoms with Crippen molar-refractivity contribution in [1.82, 2.24) is 14.9 Å². The van der Waals surface area contributed by atoms with E-state index in [0.717, 1.165) is 18.7 Å². The number of carbonyl (C=O) groups excluding carboxylic acids is 1. The fraction of sp³-hybridized carbons (Fsp3) is 0.765. The molecule has 0 saturated heterocycles. The van der Waals surface area contributed by atoms with Crippen LogP contribution in [0.2, 0.25) is 0 Å². The third-order valence-electron chi connectivity index (χ3n) is 3.13.